The van der Waals surface area contributed by atoms with E-state index in [-0.39, 0.29) is 9.92 Å². The molecule has 0 aliphatic rings. The first-order valence-electron chi connectivity index (χ1n) is 4.77. The lowest BCUT2D eigenvalue weighted by Gasteiger charge is -2.12. The number of hydrogen-bond donors (Lipinski definition) is 0. The van der Waals surface area contributed by atoms with Gasteiger partial charge in [0, 0.05) is 24.0 Å². The number of halogens is 2. The summed E-state index contributed by atoms with van der Waals surface area (Å²) in [5.41, 5.74) is 0.568. The standard InChI is InChI=1S/C10H11ClFNO3S2/c1-6-4-8(17-10(14)13(2)3)9(5-7(6)11)18(12,15)16/h4-5H,1-3H3. The van der Waals surface area contributed by atoms with E-state index in [9.17, 15) is 17.1 Å². The third kappa shape index (κ3) is 3.60. The van der Waals surface area contributed by atoms with Crippen molar-refractivity contribution in [3.63, 3.8) is 0 Å². The quantitative estimate of drug-likeness (QED) is 0.622. The normalized spacial score (nSPS) is 11.4. The summed E-state index contributed by atoms with van der Waals surface area (Å²) in [5.74, 6) is 0. The van der Waals surface area contributed by atoms with Crippen molar-refractivity contribution in [2.24, 2.45) is 0 Å². The summed E-state index contributed by atoms with van der Waals surface area (Å²) in [6.07, 6.45) is 0. The van der Waals surface area contributed by atoms with Gasteiger partial charge in [-0.1, -0.05) is 11.6 Å². The summed E-state index contributed by atoms with van der Waals surface area (Å²) in [4.78, 5) is 12.2. The van der Waals surface area contributed by atoms with E-state index >= 15 is 0 Å². The molecule has 100 valence electrons. The Labute approximate surface area is 114 Å². The van der Waals surface area contributed by atoms with Gasteiger partial charge in [-0.25, -0.2) is 0 Å². The summed E-state index contributed by atoms with van der Waals surface area (Å²) in [6, 6.07) is 2.39. The van der Waals surface area contributed by atoms with E-state index < -0.39 is 20.4 Å². The van der Waals surface area contributed by atoms with Gasteiger partial charge in [-0.2, -0.15) is 8.42 Å². The molecule has 18 heavy (non-hydrogen) atoms. The van der Waals surface area contributed by atoms with E-state index in [4.69, 9.17) is 11.6 Å². The van der Waals surface area contributed by atoms with Gasteiger partial charge in [0.25, 0.3) is 5.24 Å². The van der Waals surface area contributed by atoms with Gasteiger partial charge >= 0.3 is 10.2 Å². The Hall–Kier alpha value is -0.790. The molecule has 0 bridgehead atoms. The maximum Gasteiger partial charge on any atom is 0.333 e. The Kier molecular flexibility index (Phi) is 4.63. The van der Waals surface area contributed by atoms with Gasteiger partial charge in [0.2, 0.25) is 0 Å². The summed E-state index contributed by atoms with van der Waals surface area (Å²) in [5, 5.41) is -0.269. The Morgan fingerprint density at radius 2 is 1.94 bits per heavy atom. The lowest BCUT2D eigenvalue weighted by molar-refractivity contribution is 0.241. The van der Waals surface area contributed by atoms with Crippen LogP contribution in [0.25, 0.3) is 0 Å². The predicted molar refractivity (Wildman–Crippen MR) is 69.4 cm³/mol. The molecule has 0 saturated carbocycles. The number of rotatable bonds is 2. The fraction of sp³-hybridized carbons (Fsp3) is 0.300. The van der Waals surface area contributed by atoms with Crippen molar-refractivity contribution in [2.75, 3.05) is 14.1 Å². The number of thioether (sulfide) groups is 1. The second kappa shape index (κ2) is 5.46. The third-order valence-corrected chi connectivity index (χ3v) is 4.55. The number of benzene rings is 1. The van der Waals surface area contributed by atoms with Gasteiger partial charge in [-0.05, 0) is 36.4 Å². The molecular formula is C10H11ClFNO3S2. The van der Waals surface area contributed by atoms with Gasteiger partial charge in [0.1, 0.15) is 4.90 Å². The van der Waals surface area contributed by atoms with Crippen LogP contribution in [0.2, 0.25) is 5.02 Å². The maximum absolute atomic E-state index is 13.1. The van der Waals surface area contributed by atoms with Crippen molar-refractivity contribution in [3.05, 3.63) is 22.7 Å². The van der Waals surface area contributed by atoms with E-state index in [1.807, 2.05) is 0 Å². The molecule has 0 fully saturated rings. The number of amides is 1. The summed E-state index contributed by atoms with van der Waals surface area (Å²) >= 11 is 6.39. The number of carbonyl (C=O) groups is 1. The van der Waals surface area contributed by atoms with E-state index in [2.05, 4.69) is 0 Å². The minimum atomic E-state index is -4.92. The molecule has 4 nitrogen and oxygen atoms in total. The zero-order valence-corrected chi connectivity index (χ0v) is 12.3. The van der Waals surface area contributed by atoms with Crippen LogP contribution >= 0.6 is 23.4 Å². The topological polar surface area (TPSA) is 54.5 Å². The van der Waals surface area contributed by atoms with E-state index in [0.29, 0.717) is 17.3 Å². The zero-order valence-electron chi connectivity index (χ0n) is 9.90. The number of hydrogen-bond acceptors (Lipinski definition) is 4. The first-order valence-corrected chi connectivity index (χ1v) is 7.34. The summed E-state index contributed by atoms with van der Waals surface area (Å²) in [7, 11) is -1.89. The fourth-order valence-corrected chi connectivity index (χ4v) is 3.07. The van der Waals surface area contributed by atoms with Crippen molar-refractivity contribution >= 4 is 38.8 Å². The molecule has 1 amide bonds. The van der Waals surface area contributed by atoms with Crippen molar-refractivity contribution in [2.45, 2.75) is 16.7 Å². The van der Waals surface area contributed by atoms with Gasteiger partial charge in [-0.3, -0.25) is 4.79 Å². The molecule has 8 heteroatoms. The van der Waals surface area contributed by atoms with Crippen LogP contribution in [0.3, 0.4) is 0 Å². The van der Waals surface area contributed by atoms with Crippen molar-refractivity contribution in [1.82, 2.24) is 4.90 Å². The van der Waals surface area contributed by atoms with Gasteiger partial charge in [0.05, 0.1) is 0 Å². The molecule has 0 aliphatic carbocycles. The molecule has 1 aromatic rings. The van der Waals surface area contributed by atoms with E-state index in [1.54, 1.807) is 6.92 Å². The highest BCUT2D eigenvalue weighted by atomic mass is 35.5. The molecule has 0 spiro atoms. The first-order chi connectivity index (χ1) is 8.12. The average molecular weight is 312 g/mol. The smallest absolute Gasteiger partial charge is 0.333 e. The van der Waals surface area contributed by atoms with Crippen molar-refractivity contribution in [3.8, 4) is 0 Å². The predicted octanol–water partition coefficient (Wildman–Crippen LogP) is 3.08. The molecule has 0 N–H and O–H groups in total. The highest BCUT2D eigenvalue weighted by Crippen LogP contribution is 2.33. The molecule has 1 rings (SSSR count). The zero-order chi connectivity index (χ0) is 14.1. The van der Waals surface area contributed by atoms with Crippen LogP contribution in [-0.2, 0) is 10.2 Å². The molecule has 0 radical (unpaired) electrons. The SMILES string of the molecule is Cc1cc(SC(=O)N(C)C)c(S(=O)(=O)F)cc1Cl. The highest BCUT2D eigenvalue weighted by Gasteiger charge is 2.22. The van der Waals surface area contributed by atoms with Crippen LogP contribution in [0.1, 0.15) is 5.56 Å². The summed E-state index contributed by atoms with van der Waals surface area (Å²) < 4.78 is 35.1. The number of aryl methyl sites for hydroxylation is 1. The van der Waals surface area contributed by atoms with Crippen LogP contribution in [0, 0.1) is 6.92 Å². The van der Waals surface area contributed by atoms with Gasteiger partial charge in [-0.15, -0.1) is 3.89 Å². The lowest BCUT2D eigenvalue weighted by atomic mass is 10.2. The minimum Gasteiger partial charge on any atom is -0.339 e. The van der Waals surface area contributed by atoms with Crippen LogP contribution in [0.5, 0.6) is 0 Å². The molecule has 0 saturated heterocycles. The Balaban J connectivity index is 3.34. The van der Waals surface area contributed by atoms with E-state index in [0.717, 1.165) is 6.07 Å². The van der Waals surface area contributed by atoms with Crippen molar-refractivity contribution in [1.29, 1.82) is 0 Å². The molecule has 0 aliphatic heterocycles. The first kappa shape index (κ1) is 15.3. The molecule has 0 atom stereocenters. The summed E-state index contributed by atoms with van der Waals surface area (Å²) in [6.45, 7) is 1.64. The monoisotopic (exact) mass is 311 g/mol. The van der Waals surface area contributed by atoms with Crippen LogP contribution in [0.4, 0.5) is 8.68 Å². The molecule has 0 aromatic heterocycles. The van der Waals surface area contributed by atoms with Crippen LogP contribution in [-0.4, -0.2) is 32.7 Å². The van der Waals surface area contributed by atoms with Gasteiger partial charge < -0.3 is 4.90 Å². The molecule has 1 aromatic carbocycles. The number of carbonyl (C=O) groups excluding carboxylic acids is 1. The van der Waals surface area contributed by atoms with Crippen molar-refractivity contribution < 1.29 is 17.1 Å². The number of nitrogens with zero attached hydrogens (tertiary/aromatic N) is 1. The Morgan fingerprint density at radius 1 is 1.39 bits per heavy atom. The second-order valence-corrected chi connectivity index (χ2v) is 6.46. The van der Waals surface area contributed by atoms with Crippen LogP contribution < -0.4 is 0 Å². The van der Waals surface area contributed by atoms with Gasteiger partial charge in [0.15, 0.2) is 0 Å². The minimum absolute atomic E-state index is 0.0260. The second-order valence-electron chi connectivity index (χ2n) is 3.75. The largest absolute Gasteiger partial charge is 0.339 e. The fourth-order valence-electron chi connectivity index (χ4n) is 1.09. The molecule has 0 heterocycles. The average Bonchev–Trinajstić information content (AvgIpc) is 2.21. The Morgan fingerprint density at radius 3 is 2.39 bits per heavy atom. The Bertz CT molecular complexity index is 587. The molecular weight excluding hydrogens is 301 g/mol. The third-order valence-electron chi connectivity index (χ3n) is 2.05. The highest BCUT2D eigenvalue weighted by molar-refractivity contribution is 8.13. The molecule has 0 unspecified atom stereocenters. The van der Waals surface area contributed by atoms with Crippen LogP contribution in [0.15, 0.2) is 21.9 Å². The maximum atomic E-state index is 13.1. The lowest BCUT2D eigenvalue weighted by Crippen LogP contribution is -2.16. The van der Waals surface area contributed by atoms with E-state index in [1.165, 1.54) is 25.1 Å².